The standard InChI is InChI=1S/C20H30N4O2/c1-15-4-6-16(7-5-15)20(26)23-10-11-24-18(14-23)21-17(12-19(24)25)13-22-8-2-3-9-22/h12,15-16H,2-11,13-14H2,1H3. The molecule has 26 heavy (non-hydrogen) atoms. The number of carbonyl (C=O) groups is 1. The van der Waals surface area contributed by atoms with Crippen molar-refractivity contribution in [2.75, 3.05) is 19.6 Å². The maximum absolute atomic E-state index is 12.9. The van der Waals surface area contributed by atoms with Crippen LogP contribution >= 0.6 is 0 Å². The van der Waals surface area contributed by atoms with Crippen LogP contribution in [0.15, 0.2) is 10.9 Å². The highest BCUT2D eigenvalue weighted by Gasteiger charge is 2.30. The molecule has 6 heteroatoms. The zero-order chi connectivity index (χ0) is 18.1. The molecule has 0 spiro atoms. The van der Waals surface area contributed by atoms with Gasteiger partial charge in [0.1, 0.15) is 5.82 Å². The first-order valence-electron chi connectivity index (χ1n) is 10.2. The van der Waals surface area contributed by atoms with E-state index in [9.17, 15) is 9.59 Å². The molecule has 0 atom stereocenters. The second kappa shape index (κ2) is 7.51. The summed E-state index contributed by atoms with van der Waals surface area (Å²) in [5.74, 6) is 1.93. The van der Waals surface area contributed by atoms with Crippen molar-refractivity contribution in [2.24, 2.45) is 11.8 Å². The van der Waals surface area contributed by atoms with Gasteiger partial charge in [-0.05, 0) is 57.5 Å². The van der Waals surface area contributed by atoms with Gasteiger partial charge in [-0.3, -0.25) is 19.1 Å². The fourth-order valence-corrected chi connectivity index (χ4v) is 4.64. The number of likely N-dealkylation sites (tertiary alicyclic amines) is 1. The summed E-state index contributed by atoms with van der Waals surface area (Å²) in [5, 5.41) is 0. The molecule has 2 fully saturated rings. The fraction of sp³-hybridized carbons (Fsp3) is 0.750. The van der Waals surface area contributed by atoms with Crippen molar-refractivity contribution in [1.29, 1.82) is 0 Å². The molecule has 6 nitrogen and oxygen atoms in total. The lowest BCUT2D eigenvalue weighted by atomic mass is 9.82. The number of fused-ring (bicyclic) bond motifs is 1. The minimum atomic E-state index is 0.0304. The van der Waals surface area contributed by atoms with E-state index in [1.165, 1.54) is 12.8 Å². The van der Waals surface area contributed by atoms with E-state index in [-0.39, 0.29) is 17.4 Å². The van der Waals surface area contributed by atoms with Crippen LogP contribution in [0.4, 0.5) is 0 Å². The Morgan fingerprint density at radius 1 is 1.12 bits per heavy atom. The van der Waals surface area contributed by atoms with Crippen LogP contribution in [0.3, 0.4) is 0 Å². The van der Waals surface area contributed by atoms with E-state index in [1.54, 1.807) is 10.6 Å². The van der Waals surface area contributed by atoms with Gasteiger partial charge in [0.15, 0.2) is 0 Å². The second-order valence-electron chi connectivity index (χ2n) is 8.35. The highest BCUT2D eigenvalue weighted by molar-refractivity contribution is 5.79. The maximum atomic E-state index is 12.9. The van der Waals surface area contributed by atoms with Gasteiger partial charge >= 0.3 is 0 Å². The summed E-state index contributed by atoms with van der Waals surface area (Å²) in [5.41, 5.74) is 0.881. The lowest BCUT2D eigenvalue weighted by molar-refractivity contribution is -0.138. The van der Waals surface area contributed by atoms with Crippen molar-refractivity contribution in [3.05, 3.63) is 27.9 Å². The van der Waals surface area contributed by atoms with Crippen molar-refractivity contribution in [1.82, 2.24) is 19.4 Å². The van der Waals surface area contributed by atoms with E-state index in [4.69, 9.17) is 4.98 Å². The molecule has 1 aromatic rings. The molecule has 1 saturated carbocycles. The summed E-state index contributed by atoms with van der Waals surface area (Å²) < 4.78 is 1.75. The molecule has 0 N–H and O–H groups in total. The van der Waals surface area contributed by atoms with Gasteiger partial charge < -0.3 is 4.90 Å². The molecule has 1 amide bonds. The quantitative estimate of drug-likeness (QED) is 0.829. The van der Waals surface area contributed by atoms with Gasteiger partial charge in [-0.2, -0.15) is 0 Å². The predicted octanol–water partition coefficient (Wildman–Crippen LogP) is 2.01. The summed E-state index contributed by atoms with van der Waals surface area (Å²) in [7, 11) is 0. The van der Waals surface area contributed by atoms with Crippen molar-refractivity contribution < 1.29 is 4.79 Å². The molecule has 1 saturated heterocycles. The molecule has 1 aliphatic carbocycles. The summed E-state index contributed by atoms with van der Waals surface area (Å²) in [6.45, 7) is 6.88. The van der Waals surface area contributed by atoms with Crippen molar-refractivity contribution in [3.63, 3.8) is 0 Å². The minimum absolute atomic E-state index is 0.0304. The summed E-state index contributed by atoms with van der Waals surface area (Å²) in [6.07, 6.45) is 6.77. The Kier molecular flexibility index (Phi) is 5.11. The van der Waals surface area contributed by atoms with Crippen molar-refractivity contribution >= 4 is 5.91 Å². The van der Waals surface area contributed by atoms with Crippen LogP contribution in [0.5, 0.6) is 0 Å². The zero-order valence-electron chi connectivity index (χ0n) is 15.8. The van der Waals surface area contributed by atoms with Gasteiger partial charge in [-0.15, -0.1) is 0 Å². The number of rotatable bonds is 3. The highest BCUT2D eigenvalue weighted by atomic mass is 16.2. The van der Waals surface area contributed by atoms with Crippen LogP contribution in [0.25, 0.3) is 0 Å². The largest absolute Gasteiger partial charge is 0.333 e. The normalized spacial score (nSPS) is 26.7. The van der Waals surface area contributed by atoms with Gasteiger partial charge in [0, 0.05) is 31.6 Å². The monoisotopic (exact) mass is 358 g/mol. The Labute approximate surface area is 155 Å². The van der Waals surface area contributed by atoms with E-state index in [0.29, 0.717) is 19.6 Å². The number of aromatic nitrogens is 2. The van der Waals surface area contributed by atoms with Crippen molar-refractivity contribution in [3.8, 4) is 0 Å². The Hall–Kier alpha value is -1.69. The molecule has 4 rings (SSSR count). The first kappa shape index (κ1) is 17.7. The first-order chi connectivity index (χ1) is 12.6. The topological polar surface area (TPSA) is 58.4 Å². The predicted molar refractivity (Wildman–Crippen MR) is 99.5 cm³/mol. The van der Waals surface area contributed by atoms with Crippen LogP contribution < -0.4 is 5.56 Å². The van der Waals surface area contributed by atoms with Crippen LogP contribution in [-0.2, 0) is 24.4 Å². The first-order valence-corrected chi connectivity index (χ1v) is 10.2. The Balaban J connectivity index is 1.47. The minimum Gasteiger partial charge on any atom is -0.333 e. The van der Waals surface area contributed by atoms with Gasteiger partial charge in [-0.25, -0.2) is 4.98 Å². The molecule has 0 bridgehead atoms. The van der Waals surface area contributed by atoms with E-state index < -0.39 is 0 Å². The number of amides is 1. The summed E-state index contributed by atoms with van der Waals surface area (Å²) in [6, 6.07) is 1.68. The number of nitrogens with zero attached hydrogens (tertiary/aromatic N) is 4. The van der Waals surface area contributed by atoms with Crippen LogP contribution in [-0.4, -0.2) is 44.9 Å². The molecular formula is C20H30N4O2. The number of carbonyl (C=O) groups excluding carboxylic acids is 1. The lowest BCUT2D eigenvalue weighted by Crippen LogP contribution is -2.45. The molecule has 142 valence electrons. The third-order valence-corrected chi connectivity index (χ3v) is 6.33. The third-order valence-electron chi connectivity index (χ3n) is 6.33. The third kappa shape index (κ3) is 3.70. The fourth-order valence-electron chi connectivity index (χ4n) is 4.64. The molecular weight excluding hydrogens is 328 g/mol. The van der Waals surface area contributed by atoms with Crippen LogP contribution in [0, 0.1) is 11.8 Å². The van der Waals surface area contributed by atoms with Crippen LogP contribution in [0.1, 0.15) is 57.0 Å². The van der Waals surface area contributed by atoms with Gasteiger partial charge in [0.25, 0.3) is 5.56 Å². The van der Waals surface area contributed by atoms with E-state index in [2.05, 4.69) is 11.8 Å². The maximum Gasteiger partial charge on any atom is 0.253 e. The second-order valence-corrected chi connectivity index (χ2v) is 8.35. The van der Waals surface area contributed by atoms with Crippen molar-refractivity contribution in [2.45, 2.75) is 65.1 Å². The van der Waals surface area contributed by atoms with Gasteiger partial charge in [0.05, 0.1) is 12.2 Å². The SMILES string of the molecule is CC1CCC(C(=O)N2CCn3c(nc(CN4CCCC4)cc3=O)C2)CC1. The Bertz CT molecular complexity index is 715. The van der Waals surface area contributed by atoms with E-state index in [0.717, 1.165) is 62.8 Å². The Morgan fingerprint density at radius 2 is 1.85 bits per heavy atom. The number of hydrogen-bond donors (Lipinski definition) is 0. The average Bonchev–Trinajstić information content (AvgIpc) is 3.14. The molecule has 2 aliphatic heterocycles. The smallest absolute Gasteiger partial charge is 0.253 e. The average molecular weight is 358 g/mol. The lowest BCUT2D eigenvalue weighted by Gasteiger charge is -2.34. The zero-order valence-corrected chi connectivity index (χ0v) is 15.8. The summed E-state index contributed by atoms with van der Waals surface area (Å²) in [4.78, 5) is 34.4. The van der Waals surface area contributed by atoms with E-state index >= 15 is 0 Å². The van der Waals surface area contributed by atoms with Gasteiger partial charge in [0.2, 0.25) is 5.91 Å². The molecule has 1 aromatic heterocycles. The molecule has 0 radical (unpaired) electrons. The Morgan fingerprint density at radius 3 is 2.58 bits per heavy atom. The molecule has 3 aliphatic rings. The van der Waals surface area contributed by atoms with E-state index in [1.807, 2.05) is 4.90 Å². The molecule has 0 aromatic carbocycles. The number of hydrogen-bond acceptors (Lipinski definition) is 4. The molecule has 3 heterocycles. The highest BCUT2D eigenvalue weighted by Crippen LogP contribution is 2.30. The summed E-state index contributed by atoms with van der Waals surface area (Å²) >= 11 is 0. The van der Waals surface area contributed by atoms with Gasteiger partial charge in [-0.1, -0.05) is 6.92 Å². The molecule has 0 unspecified atom stereocenters. The van der Waals surface area contributed by atoms with Crippen LogP contribution in [0.2, 0.25) is 0 Å².